The molecule has 1 unspecified atom stereocenters. The first-order valence-electron chi connectivity index (χ1n) is 6.58. The van der Waals surface area contributed by atoms with E-state index in [9.17, 15) is 4.79 Å². The monoisotopic (exact) mass is 255 g/mol. The van der Waals surface area contributed by atoms with E-state index >= 15 is 0 Å². The summed E-state index contributed by atoms with van der Waals surface area (Å²) in [4.78, 5) is 11.0. The van der Waals surface area contributed by atoms with Crippen LogP contribution in [0.15, 0.2) is 0 Å². The van der Waals surface area contributed by atoms with Crippen LogP contribution in [0.4, 0.5) is 0 Å². The smallest absolute Gasteiger partial charge is 0.220 e. The summed E-state index contributed by atoms with van der Waals surface area (Å²) in [7, 11) is 0. The minimum Gasteiger partial charge on any atom is -0.361 e. The molecule has 1 heterocycles. The van der Waals surface area contributed by atoms with Crippen LogP contribution in [0.25, 0.3) is 0 Å². The van der Waals surface area contributed by atoms with Gasteiger partial charge >= 0.3 is 0 Å². The molecule has 2 rings (SSSR count). The minimum atomic E-state index is 0.156. The van der Waals surface area contributed by atoms with E-state index in [0.717, 1.165) is 18.1 Å². The predicted octanol–water partition coefficient (Wildman–Crippen LogP) is 1.06. The molecule has 0 spiro atoms. The largest absolute Gasteiger partial charge is 0.361 e. The number of amides is 1. The standard InChI is InChI=1S/C12H21N3OS/c16-11-7-6-10(14-11)8-13-12(17)15-9-4-2-1-3-5-9/h9-10H,1-8H2,(H,14,16)(H2,13,15,17). The van der Waals surface area contributed by atoms with E-state index in [1.165, 1.54) is 32.1 Å². The van der Waals surface area contributed by atoms with E-state index < -0.39 is 0 Å². The average molecular weight is 255 g/mol. The zero-order chi connectivity index (χ0) is 12.1. The molecule has 1 saturated heterocycles. The molecule has 0 aromatic heterocycles. The Hall–Kier alpha value is -0.840. The zero-order valence-electron chi connectivity index (χ0n) is 10.1. The van der Waals surface area contributed by atoms with Crippen LogP contribution in [-0.4, -0.2) is 29.6 Å². The summed E-state index contributed by atoms with van der Waals surface area (Å²) in [5.41, 5.74) is 0. The molecule has 3 N–H and O–H groups in total. The maximum Gasteiger partial charge on any atom is 0.220 e. The number of carbonyl (C=O) groups is 1. The molecule has 0 bridgehead atoms. The molecular formula is C12H21N3OS. The Morgan fingerprint density at radius 1 is 1.29 bits per heavy atom. The van der Waals surface area contributed by atoms with Gasteiger partial charge in [0.2, 0.25) is 5.91 Å². The molecule has 5 heteroatoms. The van der Waals surface area contributed by atoms with Gasteiger partial charge in [0.05, 0.1) is 0 Å². The second kappa shape index (κ2) is 6.19. The van der Waals surface area contributed by atoms with Crippen molar-refractivity contribution in [3.8, 4) is 0 Å². The molecule has 17 heavy (non-hydrogen) atoms. The molecule has 2 fully saturated rings. The van der Waals surface area contributed by atoms with E-state index in [-0.39, 0.29) is 11.9 Å². The highest BCUT2D eigenvalue weighted by Crippen LogP contribution is 2.17. The van der Waals surface area contributed by atoms with Crippen LogP contribution in [0.5, 0.6) is 0 Å². The van der Waals surface area contributed by atoms with Crippen molar-refractivity contribution in [3.05, 3.63) is 0 Å². The summed E-state index contributed by atoms with van der Waals surface area (Å²) in [5, 5.41) is 10.2. The highest BCUT2D eigenvalue weighted by molar-refractivity contribution is 7.80. The van der Waals surface area contributed by atoms with Gasteiger partial charge in [-0.1, -0.05) is 19.3 Å². The van der Waals surface area contributed by atoms with E-state index in [1.54, 1.807) is 0 Å². The van der Waals surface area contributed by atoms with Crippen molar-refractivity contribution < 1.29 is 4.79 Å². The van der Waals surface area contributed by atoms with Gasteiger partial charge in [-0.25, -0.2) is 0 Å². The molecule has 1 aliphatic heterocycles. The number of thiocarbonyl (C=S) groups is 1. The van der Waals surface area contributed by atoms with Crippen LogP contribution in [0.3, 0.4) is 0 Å². The van der Waals surface area contributed by atoms with E-state index in [0.29, 0.717) is 12.5 Å². The third-order valence-corrected chi connectivity index (χ3v) is 3.80. The molecule has 1 atom stereocenters. The predicted molar refractivity (Wildman–Crippen MR) is 71.8 cm³/mol. The Kier molecular flexibility index (Phi) is 4.59. The molecule has 4 nitrogen and oxygen atoms in total. The number of carbonyl (C=O) groups excluding carboxylic acids is 1. The van der Waals surface area contributed by atoms with Gasteiger partial charge in [0.25, 0.3) is 0 Å². The number of rotatable bonds is 3. The molecule has 2 aliphatic rings. The molecule has 1 aliphatic carbocycles. The minimum absolute atomic E-state index is 0.156. The van der Waals surface area contributed by atoms with Crippen molar-refractivity contribution in [3.63, 3.8) is 0 Å². The molecule has 0 aromatic carbocycles. The third kappa shape index (κ3) is 4.15. The summed E-state index contributed by atoms with van der Waals surface area (Å²) in [6.45, 7) is 0.740. The Balaban J connectivity index is 1.61. The number of hydrogen-bond acceptors (Lipinski definition) is 2. The van der Waals surface area contributed by atoms with Crippen molar-refractivity contribution in [2.24, 2.45) is 0 Å². The van der Waals surface area contributed by atoms with E-state index in [1.807, 2.05) is 0 Å². The number of hydrogen-bond donors (Lipinski definition) is 3. The molecular weight excluding hydrogens is 234 g/mol. The molecule has 0 aromatic rings. The lowest BCUT2D eigenvalue weighted by molar-refractivity contribution is -0.119. The molecule has 0 radical (unpaired) electrons. The highest BCUT2D eigenvalue weighted by atomic mass is 32.1. The van der Waals surface area contributed by atoms with Gasteiger partial charge in [-0.3, -0.25) is 4.79 Å². The summed E-state index contributed by atoms with van der Waals surface area (Å²) >= 11 is 5.26. The van der Waals surface area contributed by atoms with Crippen molar-refractivity contribution in [2.75, 3.05) is 6.54 Å². The van der Waals surface area contributed by atoms with Gasteiger partial charge in [0, 0.05) is 25.0 Å². The van der Waals surface area contributed by atoms with Crippen molar-refractivity contribution in [2.45, 2.75) is 57.0 Å². The first kappa shape index (κ1) is 12.6. The maximum atomic E-state index is 11.0. The maximum absolute atomic E-state index is 11.0. The van der Waals surface area contributed by atoms with Crippen molar-refractivity contribution >= 4 is 23.2 Å². The second-order valence-corrected chi connectivity index (χ2v) is 5.40. The van der Waals surface area contributed by atoms with Crippen LogP contribution in [-0.2, 0) is 4.79 Å². The third-order valence-electron chi connectivity index (χ3n) is 3.53. The number of nitrogens with one attached hydrogen (secondary N) is 3. The van der Waals surface area contributed by atoms with Gasteiger partial charge in [-0.05, 0) is 31.5 Å². The quantitative estimate of drug-likeness (QED) is 0.660. The lowest BCUT2D eigenvalue weighted by Gasteiger charge is -2.25. The van der Waals surface area contributed by atoms with Crippen molar-refractivity contribution in [1.29, 1.82) is 0 Å². The summed E-state index contributed by atoms with van der Waals surface area (Å²) in [5.74, 6) is 0.156. The fraction of sp³-hybridized carbons (Fsp3) is 0.833. The Morgan fingerprint density at radius 3 is 2.71 bits per heavy atom. The first-order valence-corrected chi connectivity index (χ1v) is 6.98. The fourth-order valence-corrected chi connectivity index (χ4v) is 2.78. The summed E-state index contributed by atoms with van der Waals surface area (Å²) < 4.78 is 0. The highest BCUT2D eigenvalue weighted by Gasteiger charge is 2.21. The van der Waals surface area contributed by atoms with Crippen molar-refractivity contribution in [1.82, 2.24) is 16.0 Å². The Labute approximate surface area is 108 Å². The average Bonchev–Trinajstić information content (AvgIpc) is 2.74. The fourth-order valence-electron chi connectivity index (χ4n) is 2.53. The van der Waals surface area contributed by atoms with Gasteiger partial charge in [-0.15, -0.1) is 0 Å². The van der Waals surface area contributed by atoms with Gasteiger partial charge < -0.3 is 16.0 Å². The normalized spacial score (nSPS) is 25.4. The van der Waals surface area contributed by atoms with Crippen LogP contribution < -0.4 is 16.0 Å². The topological polar surface area (TPSA) is 53.2 Å². The van der Waals surface area contributed by atoms with Gasteiger partial charge in [0.15, 0.2) is 5.11 Å². The van der Waals surface area contributed by atoms with Gasteiger partial charge in [-0.2, -0.15) is 0 Å². The SMILES string of the molecule is O=C1CCC(CNC(=S)NC2CCCCC2)N1. The van der Waals surface area contributed by atoms with Crippen LogP contribution in [0, 0.1) is 0 Å². The zero-order valence-corrected chi connectivity index (χ0v) is 10.9. The summed E-state index contributed by atoms with van der Waals surface area (Å²) in [6, 6.07) is 0.788. The Morgan fingerprint density at radius 2 is 2.06 bits per heavy atom. The van der Waals surface area contributed by atoms with Crippen LogP contribution >= 0.6 is 12.2 Å². The first-order chi connectivity index (χ1) is 8.24. The van der Waals surface area contributed by atoms with Gasteiger partial charge in [0.1, 0.15) is 0 Å². The molecule has 1 amide bonds. The molecule has 96 valence electrons. The summed E-state index contributed by atoms with van der Waals surface area (Å²) in [6.07, 6.45) is 7.97. The van der Waals surface area contributed by atoms with E-state index in [4.69, 9.17) is 12.2 Å². The molecule has 1 saturated carbocycles. The van der Waals surface area contributed by atoms with Crippen LogP contribution in [0.2, 0.25) is 0 Å². The van der Waals surface area contributed by atoms with E-state index in [2.05, 4.69) is 16.0 Å². The second-order valence-electron chi connectivity index (χ2n) is 4.99. The van der Waals surface area contributed by atoms with Crippen LogP contribution in [0.1, 0.15) is 44.9 Å². The lowest BCUT2D eigenvalue weighted by Crippen LogP contribution is -2.46. The lowest BCUT2D eigenvalue weighted by atomic mass is 9.96. The Bertz CT molecular complexity index is 289.